The number of amides is 2. The molecule has 0 saturated carbocycles. The topological polar surface area (TPSA) is 88.4 Å². The van der Waals surface area contributed by atoms with Gasteiger partial charge in [0.05, 0.1) is 10.9 Å². The second-order valence-corrected chi connectivity index (χ2v) is 6.16. The highest BCUT2D eigenvalue weighted by atomic mass is 79.9. The predicted octanol–water partition coefficient (Wildman–Crippen LogP) is 2.03. The molecule has 0 spiro atoms. The Morgan fingerprint density at radius 1 is 1.12 bits per heavy atom. The quantitative estimate of drug-likeness (QED) is 0.454. The number of carbonyl (C=O) groups is 2. The van der Waals surface area contributed by atoms with Gasteiger partial charge in [0.2, 0.25) is 0 Å². The van der Waals surface area contributed by atoms with Gasteiger partial charge in [-0.25, -0.2) is 0 Å². The van der Waals surface area contributed by atoms with Crippen molar-refractivity contribution in [1.29, 1.82) is 0 Å². The molecule has 1 aromatic heterocycles. The van der Waals surface area contributed by atoms with Gasteiger partial charge < -0.3 is 4.42 Å². The van der Waals surface area contributed by atoms with E-state index in [1.807, 2.05) is 0 Å². The summed E-state index contributed by atoms with van der Waals surface area (Å²) < 4.78 is 6.23. The second kappa shape index (κ2) is 6.50. The lowest BCUT2D eigenvalue weighted by Gasteiger charge is -2.15. The largest absolute Gasteiger partial charge is 0.463 e. The molecule has 24 heavy (non-hydrogen) atoms. The maximum atomic E-state index is 12.4. The molecule has 2 amide bonds. The third kappa shape index (κ3) is 3.19. The third-order valence-corrected chi connectivity index (χ3v) is 3.94. The van der Waals surface area contributed by atoms with Crippen molar-refractivity contribution in [2.75, 3.05) is 0 Å². The third-order valence-electron chi connectivity index (χ3n) is 3.25. The number of fused-ring (bicyclic) bond motifs is 1. The zero-order chi connectivity index (χ0) is 17.3. The van der Waals surface area contributed by atoms with Crippen molar-refractivity contribution in [3.8, 4) is 0 Å². The van der Waals surface area contributed by atoms with E-state index in [-0.39, 0.29) is 16.1 Å². The first-order valence-electron chi connectivity index (χ1n) is 6.72. The standard InChI is InChI=1S/C16H9BrN2O4S/c17-9-4-5-10-12(6-9)23-7-8(13(10)20)2-1-3-11-14(21)18-16(24)19-15(11)22/h1-7H,(H2,18,19,21,22,24). The van der Waals surface area contributed by atoms with Crippen LogP contribution < -0.4 is 16.1 Å². The van der Waals surface area contributed by atoms with Crippen molar-refractivity contribution < 1.29 is 14.0 Å². The van der Waals surface area contributed by atoms with E-state index in [0.29, 0.717) is 16.5 Å². The molecule has 1 saturated heterocycles. The molecule has 2 heterocycles. The molecular formula is C16H9BrN2O4S. The average Bonchev–Trinajstić information content (AvgIpc) is 2.51. The summed E-state index contributed by atoms with van der Waals surface area (Å²) in [5, 5.41) is 5.05. The van der Waals surface area contributed by atoms with Crippen molar-refractivity contribution in [1.82, 2.24) is 10.6 Å². The van der Waals surface area contributed by atoms with Crippen molar-refractivity contribution in [3.05, 3.63) is 62.4 Å². The molecule has 0 bridgehead atoms. The van der Waals surface area contributed by atoms with Gasteiger partial charge in [-0.1, -0.05) is 22.0 Å². The fourth-order valence-corrected chi connectivity index (χ4v) is 2.63. The molecule has 1 aliphatic rings. The summed E-state index contributed by atoms with van der Waals surface area (Å²) in [4.78, 5) is 35.7. The number of rotatable bonds is 2. The van der Waals surface area contributed by atoms with Crippen LogP contribution in [0.15, 0.2) is 55.9 Å². The van der Waals surface area contributed by atoms with Gasteiger partial charge in [0, 0.05) is 4.47 Å². The van der Waals surface area contributed by atoms with Gasteiger partial charge >= 0.3 is 0 Å². The Kier molecular flexibility index (Phi) is 4.41. The molecular weight excluding hydrogens is 396 g/mol. The lowest BCUT2D eigenvalue weighted by Crippen LogP contribution is -2.51. The molecule has 6 nitrogen and oxygen atoms in total. The Morgan fingerprint density at radius 3 is 2.54 bits per heavy atom. The number of halogens is 1. The summed E-state index contributed by atoms with van der Waals surface area (Å²) in [7, 11) is 0. The van der Waals surface area contributed by atoms with Crippen LogP contribution in [0.25, 0.3) is 17.0 Å². The first-order chi connectivity index (χ1) is 11.5. The van der Waals surface area contributed by atoms with E-state index < -0.39 is 11.8 Å². The average molecular weight is 405 g/mol. The molecule has 8 heteroatoms. The zero-order valence-electron chi connectivity index (χ0n) is 12.0. The number of hydrogen-bond acceptors (Lipinski definition) is 5. The van der Waals surface area contributed by atoms with Crippen LogP contribution in [0.4, 0.5) is 0 Å². The minimum atomic E-state index is -0.594. The molecule has 0 radical (unpaired) electrons. The van der Waals surface area contributed by atoms with Crippen LogP contribution in [0.1, 0.15) is 5.56 Å². The van der Waals surface area contributed by atoms with Gasteiger partial charge in [-0.3, -0.25) is 25.0 Å². The number of benzene rings is 1. The van der Waals surface area contributed by atoms with Gasteiger partial charge in [0.1, 0.15) is 17.4 Å². The van der Waals surface area contributed by atoms with Gasteiger partial charge in [0.25, 0.3) is 11.8 Å². The first-order valence-corrected chi connectivity index (χ1v) is 7.92. The molecule has 1 aromatic carbocycles. The molecule has 1 aliphatic heterocycles. The summed E-state index contributed by atoms with van der Waals surface area (Å²) in [6.07, 6.45) is 5.52. The SMILES string of the molecule is O=C1NC(=S)NC(=O)C1=CC=Cc1coc2cc(Br)ccc2c1=O. The Labute approximate surface area is 149 Å². The minimum absolute atomic E-state index is 0.0348. The Balaban J connectivity index is 1.92. The van der Waals surface area contributed by atoms with Crippen LogP contribution in [0.2, 0.25) is 0 Å². The second-order valence-electron chi connectivity index (χ2n) is 4.84. The Bertz CT molecular complexity index is 985. The molecule has 2 aromatic rings. The maximum absolute atomic E-state index is 12.4. The zero-order valence-corrected chi connectivity index (χ0v) is 14.4. The number of hydrogen-bond donors (Lipinski definition) is 2. The number of thiocarbonyl (C=S) groups is 1. The molecule has 120 valence electrons. The molecule has 0 unspecified atom stereocenters. The summed E-state index contributed by atoms with van der Waals surface area (Å²) >= 11 is 8.02. The number of carbonyl (C=O) groups excluding carboxylic acids is 2. The van der Waals surface area contributed by atoms with E-state index in [0.717, 1.165) is 4.47 Å². The summed E-state index contributed by atoms with van der Waals surface area (Å²) in [6.45, 7) is 0. The summed E-state index contributed by atoms with van der Waals surface area (Å²) in [6, 6.07) is 5.10. The van der Waals surface area contributed by atoms with E-state index in [4.69, 9.17) is 16.6 Å². The maximum Gasteiger partial charge on any atom is 0.263 e. The summed E-state index contributed by atoms with van der Waals surface area (Å²) in [5.74, 6) is -1.19. The van der Waals surface area contributed by atoms with E-state index in [1.54, 1.807) is 18.2 Å². The molecule has 3 rings (SSSR count). The van der Waals surface area contributed by atoms with Crippen LogP contribution in [0.3, 0.4) is 0 Å². The van der Waals surface area contributed by atoms with Gasteiger partial charge in [-0.15, -0.1) is 0 Å². The highest BCUT2D eigenvalue weighted by molar-refractivity contribution is 9.10. The predicted molar refractivity (Wildman–Crippen MR) is 96.2 cm³/mol. The van der Waals surface area contributed by atoms with E-state index in [1.165, 1.54) is 24.5 Å². The number of allylic oxidation sites excluding steroid dienone is 2. The van der Waals surface area contributed by atoms with Crippen molar-refractivity contribution in [3.63, 3.8) is 0 Å². The fourth-order valence-electron chi connectivity index (χ4n) is 2.11. The van der Waals surface area contributed by atoms with Crippen LogP contribution in [-0.2, 0) is 9.59 Å². The monoisotopic (exact) mass is 404 g/mol. The lowest BCUT2D eigenvalue weighted by atomic mass is 10.1. The highest BCUT2D eigenvalue weighted by Gasteiger charge is 2.24. The van der Waals surface area contributed by atoms with Gasteiger partial charge in [-0.2, -0.15) is 0 Å². The summed E-state index contributed by atoms with van der Waals surface area (Å²) in [5.41, 5.74) is 0.448. The number of nitrogens with one attached hydrogen (secondary N) is 2. The Morgan fingerprint density at radius 2 is 1.83 bits per heavy atom. The van der Waals surface area contributed by atoms with Crippen molar-refractivity contribution >= 4 is 62.1 Å². The highest BCUT2D eigenvalue weighted by Crippen LogP contribution is 2.18. The van der Waals surface area contributed by atoms with Crippen LogP contribution in [-0.4, -0.2) is 16.9 Å². The van der Waals surface area contributed by atoms with Gasteiger partial charge in [-0.05, 0) is 42.6 Å². The van der Waals surface area contributed by atoms with E-state index in [2.05, 4.69) is 26.6 Å². The normalized spacial score (nSPS) is 14.9. The van der Waals surface area contributed by atoms with Crippen LogP contribution >= 0.6 is 28.1 Å². The smallest absolute Gasteiger partial charge is 0.263 e. The van der Waals surface area contributed by atoms with Gasteiger partial charge in [0.15, 0.2) is 10.5 Å². The molecule has 2 N–H and O–H groups in total. The van der Waals surface area contributed by atoms with E-state index in [9.17, 15) is 14.4 Å². The van der Waals surface area contributed by atoms with Crippen molar-refractivity contribution in [2.24, 2.45) is 0 Å². The van der Waals surface area contributed by atoms with E-state index >= 15 is 0 Å². The van der Waals surface area contributed by atoms with Crippen LogP contribution in [0, 0.1) is 0 Å². The van der Waals surface area contributed by atoms with Crippen LogP contribution in [0.5, 0.6) is 0 Å². The van der Waals surface area contributed by atoms with Crippen molar-refractivity contribution in [2.45, 2.75) is 0 Å². The molecule has 0 aliphatic carbocycles. The molecule has 1 fully saturated rings. The Hall–Kier alpha value is -2.58. The lowest BCUT2D eigenvalue weighted by molar-refractivity contribution is -0.123. The fraction of sp³-hybridized carbons (Fsp3) is 0. The minimum Gasteiger partial charge on any atom is -0.463 e. The molecule has 0 atom stereocenters. The first kappa shape index (κ1) is 16.3.